The number of hydrogen-bond acceptors (Lipinski definition) is 5. The third-order valence-corrected chi connectivity index (χ3v) is 5.93. The number of nitrogens with zero attached hydrogens (tertiary/aromatic N) is 1. The van der Waals surface area contributed by atoms with Gasteiger partial charge in [0.2, 0.25) is 0 Å². The highest BCUT2D eigenvalue weighted by Gasteiger charge is 2.22. The fourth-order valence-electron chi connectivity index (χ4n) is 3.45. The van der Waals surface area contributed by atoms with Crippen LogP contribution in [0.4, 0.5) is 0 Å². The summed E-state index contributed by atoms with van der Waals surface area (Å²) in [6.07, 6.45) is 2.02. The van der Waals surface area contributed by atoms with E-state index in [4.69, 9.17) is 9.47 Å². The molecule has 0 saturated carbocycles. The van der Waals surface area contributed by atoms with Gasteiger partial charge in [-0.3, -0.25) is 9.59 Å². The second-order valence-corrected chi connectivity index (χ2v) is 9.94. The van der Waals surface area contributed by atoms with Crippen LogP contribution in [0.25, 0.3) is 0 Å². The molecule has 37 heavy (non-hydrogen) atoms. The molecule has 3 aromatic rings. The molecular formula is C29H32BrN3O4. The van der Waals surface area contributed by atoms with Gasteiger partial charge in [0.15, 0.2) is 6.61 Å². The van der Waals surface area contributed by atoms with Gasteiger partial charge in [0.25, 0.3) is 11.8 Å². The van der Waals surface area contributed by atoms with Gasteiger partial charge in [-0.05, 0) is 78.4 Å². The van der Waals surface area contributed by atoms with Gasteiger partial charge in [-0.1, -0.05) is 60.1 Å². The van der Waals surface area contributed by atoms with Crippen LogP contribution in [0.15, 0.2) is 82.4 Å². The summed E-state index contributed by atoms with van der Waals surface area (Å²) in [6.45, 7) is 6.17. The topological polar surface area (TPSA) is 89.0 Å². The number of nitrogens with one attached hydrogen (secondary N) is 2. The van der Waals surface area contributed by atoms with Crippen LogP contribution in [0, 0.1) is 12.8 Å². The first-order valence-corrected chi connectivity index (χ1v) is 12.9. The minimum atomic E-state index is -0.723. The molecule has 0 aliphatic heterocycles. The minimum absolute atomic E-state index is 0.174. The summed E-state index contributed by atoms with van der Waals surface area (Å²) in [7, 11) is 0. The lowest BCUT2D eigenvalue weighted by Gasteiger charge is -2.19. The number of amides is 2. The van der Waals surface area contributed by atoms with Crippen LogP contribution in [0.5, 0.6) is 11.5 Å². The number of rotatable bonds is 12. The molecule has 194 valence electrons. The zero-order chi connectivity index (χ0) is 26.6. The second kappa shape index (κ2) is 14.2. The van der Waals surface area contributed by atoms with Crippen molar-refractivity contribution in [3.63, 3.8) is 0 Å². The van der Waals surface area contributed by atoms with E-state index in [9.17, 15) is 9.59 Å². The van der Waals surface area contributed by atoms with Crippen molar-refractivity contribution in [2.24, 2.45) is 11.0 Å². The van der Waals surface area contributed by atoms with Crippen LogP contribution >= 0.6 is 15.9 Å². The summed E-state index contributed by atoms with van der Waals surface area (Å²) in [5.74, 6) is 0.811. The van der Waals surface area contributed by atoms with Crippen molar-refractivity contribution in [3.05, 3.63) is 94.0 Å². The van der Waals surface area contributed by atoms with Gasteiger partial charge < -0.3 is 14.8 Å². The van der Waals surface area contributed by atoms with E-state index >= 15 is 0 Å². The normalized spacial score (nSPS) is 11.8. The number of hydrazone groups is 1. The quantitative estimate of drug-likeness (QED) is 0.227. The number of hydrogen-bond donors (Lipinski definition) is 2. The first-order valence-electron chi connectivity index (χ1n) is 12.1. The van der Waals surface area contributed by atoms with E-state index in [2.05, 4.69) is 31.8 Å². The molecule has 2 N–H and O–H groups in total. The van der Waals surface area contributed by atoms with Gasteiger partial charge in [-0.25, -0.2) is 5.43 Å². The van der Waals surface area contributed by atoms with Gasteiger partial charge in [-0.15, -0.1) is 0 Å². The summed E-state index contributed by atoms with van der Waals surface area (Å²) < 4.78 is 12.4. The molecule has 0 aliphatic rings. The Hall–Kier alpha value is -3.65. The maximum absolute atomic E-state index is 12.7. The minimum Gasteiger partial charge on any atom is -0.489 e. The average Bonchev–Trinajstić information content (AvgIpc) is 2.88. The zero-order valence-electron chi connectivity index (χ0n) is 21.2. The van der Waals surface area contributed by atoms with Gasteiger partial charge in [-0.2, -0.15) is 5.10 Å². The molecule has 2 amide bonds. The SMILES string of the molecule is Cc1ccccc1OCC(=O)N[C@@H](CC(C)C)C(=O)N/N=C\c1ccc(OCc2ccc(Br)cc2)cc1. The lowest BCUT2D eigenvalue weighted by Crippen LogP contribution is -2.47. The van der Waals surface area contributed by atoms with Crippen molar-refractivity contribution in [1.82, 2.24) is 10.7 Å². The Morgan fingerprint density at radius 1 is 0.973 bits per heavy atom. The zero-order valence-corrected chi connectivity index (χ0v) is 22.8. The first kappa shape index (κ1) is 27.9. The maximum Gasteiger partial charge on any atom is 0.262 e. The molecule has 0 bridgehead atoms. The Morgan fingerprint density at radius 3 is 2.35 bits per heavy atom. The van der Waals surface area contributed by atoms with E-state index in [0.29, 0.717) is 18.8 Å². The van der Waals surface area contributed by atoms with Crippen LogP contribution in [0.1, 0.15) is 37.0 Å². The molecule has 1 atom stereocenters. The van der Waals surface area contributed by atoms with E-state index in [-0.39, 0.29) is 24.3 Å². The Bertz CT molecular complexity index is 1190. The molecule has 3 rings (SSSR count). The standard InChI is InChI=1S/C29H32BrN3O4/c1-20(2)16-26(32-28(34)19-37-27-7-5-4-6-21(27)3)29(35)33-31-17-22-10-14-25(15-11-22)36-18-23-8-12-24(30)13-9-23/h4-15,17,20,26H,16,18-19H2,1-3H3,(H,32,34)(H,33,35)/b31-17-/t26-/m0/s1. The Kier molecular flexibility index (Phi) is 10.7. The first-order chi connectivity index (χ1) is 17.8. The molecule has 0 spiro atoms. The van der Waals surface area contributed by atoms with Gasteiger partial charge >= 0.3 is 0 Å². The molecule has 0 heterocycles. The van der Waals surface area contributed by atoms with Crippen molar-refractivity contribution < 1.29 is 19.1 Å². The van der Waals surface area contributed by atoms with Crippen molar-refractivity contribution in [2.75, 3.05) is 6.61 Å². The molecule has 0 aliphatic carbocycles. The van der Waals surface area contributed by atoms with Crippen LogP contribution in [0.2, 0.25) is 0 Å². The highest BCUT2D eigenvalue weighted by molar-refractivity contribution is 9.10. The second-order valence-electron chi connectivity index (χ2n) is 9.02. The van der Waals surface area contributed by atoms with Crippen molar-refractivity contribution in [2.45, 2.75) is 39.8 Å². The van der Waals surface area contributed by atoms with E-state index in [1.165, 1.54) is 0 Å². The van der Waals surface area contributed by atoms with Crippen LogP contribution in [-0.4, -0.2) is 30.7 Å². The van der Waals surface area contributed by atoms with Gasteiger partial charge in [0.05, 0.1) is 6.21 Å². The molecule has 8 heteroatoms. The molecule has 0 saturated heterocycles. The Balaban J connectivity index is 1.48. The molecule has 7 nitrogen and oxygen atoms in total. The predicted octanol–water partition coefficient (Wildman–Crippen LogP) is 5.40. The molecule has 0 radical (unpaired) electrons. The number of ether oxygens (including phenoxy) is 2. The fourth-order valence-corrected chi connectivity index (χ4v) is 3.71. The molecule has 3 aromatic carbocycles. The predicted molar refractivity (Wildman–Crippen MR) is 149 cm³/mol. The maximum atomic E-state index is 12.7. The fraction of sp³-hybridized carbons (Fsp3) is 0.276. The van der Waals surface area contributed by atoms with Gasteiger partial charge in [0, 0.05) is 4.47 Å². The number of halogens is 1. The van der Waals surface area contributed by atoms with E-state index < -0.39 is 6.04 Å². The number of carbonyl (C=O) groups excluding carboxylic acids is 2. The average molecular weight is 566 g/mol. The number of aryl methyl sites for hydroxylation is 1. The molecule has 0 unspecified atom stereocenters. The smallest absolute Gasteiger partial charge is 0.262 e. The number of carbonyl (C=O) groups is 2. The molecular weight excluding hydrogens is 534 g/mol. The summed E-state index contributed by atoms with van der Waals surface area (Å²) in [6, 6.07) is 22.1. The van der Waals surface area contributed by atoms with E-state index in [1.807, 2.05) is 87.5 Å². The summed E-state index contributed by atoms with van der Waals surface area (Å²) in [5, 5.41) is 6.82. The van der Waals surface area contributed by atoms with Crippen LogP contribution in [-0.2, 0) is 16.2 Å². The highest BCUT2D eigenvalue weighted by atomic mass is 79.9. The number of benzene rings is 3. The lowest BCUT2D eigenvalue weighted by atomic mass is 10.0. The summed E-state index contributed by atoms with van der Waals surface area (Å²) in [4.78, 5) is 25.2. The summed E-state index contributed by atoms with van der Waals surface area (Å²) in [5.41, 5.74) is 5.34. The van der Waals surface area contributed by atoms with Crippen molar-refractivity contribution in [1.29, 1.82) is 0 Å². The van der Waals surface area contributed by atoms with Crippen LogP contribution < -0.4 is 20.2 Å². The molecule has 0 fully saturated rings. The highest BCUT2D eigenvalue weighted by Crippen LogP contribution is 2.17. The van der Waals surface area contributed by atoms with E-state index in [0.717, 1.165) is 26.9 Å². The Labute approximate surface area is 226 Å². The number of para-hydroxylation sites is 1. The molecule has 0 aromatic heterocycles. The third-order valence-electron chi connectivity index (χ3n) is 5.40. The lowest BCUT2D eigenvalue weighted by molar-refractivity contribution is -0.130. The third kappa shape index (κ3) is 9.73. The van der Waals surface area contributed by atoms with E-state index in [1.54, 1.807) is 12.3 Å². The monoisotopic (exact) mass is 565 g/mol. The van der Waals surface area contributed by atoms with Crippen molar-refractivity contribution >= 4 is 34.0 Å². The van der Waals surface area contributed by atoms with Gasteiger partial charge in [0.1, 0.15) is 24.1 Å². The van der Waals surface area contributed by atoms with Crippen molar-refractivity contribution in [3.8, 4) is 11.5 Å². The summed E-state index contributed by atoms with van der Waals surface area (Å²) >= 11 is 3.42. The largest absolute Gasteiger partial charge is 0.489 e. The Morgan fingerprint density at radius 2 is 1.68 bits per heavy atom. The van der Waals surface area contributed by atoms with Crippen LogP contribution in [0.3, 0.4) is 0 Å².